The van der Waals surface area contributed by atoms with Gasteiger partial charge in [-0.3, -0.25) is 9.13 Å². The first kappa shape index (κ1) is 55.9. The fourth-order valence-corrected chi connectivity index (χ4v) is 19.8. The number of esters is 3. The van der Waals surface area contributed by atoms with E-state index in [1.165, 1.54) is 18.2 Å². The first-order valence-electron chi connectivity index (χ1n) is 29.0. The lowest BCUT2D eigenvalue weighted by Gasteiger charge is -2.30. The van der Waals surface area contributed by atoms with Gasteiger partial charge in [-0.05, 0) is 107 Å². The lowest BCUT2D eigenvalue weighted by atomic mass is 10.0. The number of carbonyl (C=O) groups is 3. The van der Waals surface area contributed by atoms with E-state index in [1.54, 1.807) is 140 Å². The predicted octanol–water partition coefficient (Wildman–Crippen LogP) is 15.3. The summed E-state index contributed by atoms with van der Waals surface area (Å²) >= 11 is 0. The summed E-state index contributed by atoms with van der Waals surface area (Å²) in [6, 6.07) is 81.3. The molecule has 0 aromatic heterocycles. The molecule has 434 valence electrons. The minimum Gasteiger partial charge on any atom is -0.436 e. The summed E-state index contributed by atoms with van der Waals surface area (Å²) in [4.78, 5) is 43.8. The van der Waals surface area contributed by atoms with Gasteiger partial charge in [0.2, 0.25) is 0 Å². The van der Waals surface area contributed by atoms with Gasteiger partial charge in [-0.2, -0.15) is 0 Å². The van der Waals surface area contributed by atoms with E-state index in [4.69, 9.17) is 23.3 Å². The molecule has 0 radical (unpaired) electrons. The van der Waals surface area contributed by atoms with Crippen molar-refractivity contribution in [1.82, 2.24) is 0 Å². The van der Waals surface area contributed by atoms with E-state index in [2.05, 4.69) is 0 Å². The molecule has 13 aromatic rings. The molecule has 0 amide bonds. The Kier molecular flexibility index (Phi) is 13.8. The maximum absolute atomic E-state index is 16.2. The van der Waals surface area contributed by atoms with Crippen LogP contribution in [0.2, 0.25) is 0 Å². The molecule has 15 rings (SSSR count). The fraction of sp³-hybridized carbons (Fsp3) is 0.0132. The van der Waals surface area contributed by atoms with Gasteiger partial charge in [0.15, 0.2) is 18.6 Å². The van der Waals surface area contributed by atoms with Crippen LogP contribution in [0.15, 0.2) is 279 Å². The molecule has 90 heavy (non-hydrogen) atoms. The van der Waals surface area contributed by atoms with Gasteiger partial charge in [-0.15, -0.1) is 0 Å². The number of ether oxygens (including phenoxy) is 3. The summed E-state index contributed by atoms with van der Waals surface area (Å²) in [5.74, 6) is -1.33. The Morgan fingerprint density at radius 3 is 1.34 bits per heavy atom. The molecule has 0 N–H and O–H groups in total. The van der Waals surface area contributed by atoms with E-state index in [9.17, 15) is 14.4 Å². The highest BCUT2D eigenvalue weighted by atomic mass is 31.2. The molecule has 11 nitrogen and oxygen atoms in total. The van der Waals surface area contributed by atoms with E-state index in [0.29, 0.717) is 65.1 Å². The molecule has 0 saturated carbocycles. The van der Waals surface area contributed by atoms with Crippen LogP contribution < -0.4 is 60.4 Å². The Hall–Kier alpha value is -10.7. The minimum absolute atomic E-state index is 0.00441. The van der Waals surface area contributed by atoms with Crippen LogP contribution in [0.3, 0.4) is 0 Å². The maximum Gasteiger partial charge on any atom is 0.344 e. The summed E-state index contributed by atoms with van der Waals surface area (Å²) in [7, 11) is -12.0. The number of hydrogen-bond donors (Lipinski definition) is 0. The first-order valence-corrected chi connectivity index (χ1v) is 33.9. The van der Waals surface area contributed by atoms with Gasteiger partial charge in [-0.1, -0.05) is 212 Å². The molecular formula is C76H49O11P3. The Balaban J connectivity index is 0.766. The third-order valence-electron chi connectivity index (χ3n) is 16.7. The summed E-state index contributed by atoms with van der Waals surface area (Å²) in [6.07, 6.45) is 0. The highest BCUT2D eigenvalue weighted by Gasteiger charge is 2.44. The second kappa shape index (κ2) is 22.2. The molecule has 0 spiro atoms. The number of para-hydroxylation sites is 2. The van der Waals surface area contributed by atoms with E-state index >= 15 is 13.7 Å². The predicted molar refractivity (Wildman–Crippen MR) is 356 cm³/mol. The quantitative estimate of drug-likeness (QED) is 0.0692. The van der Waals surface area contributed by atoms with Crippen LogP contribution in [0.25, 0.3) is 54.6 Å². The van der Waals surface area contributed by atoms with Crippen LogP contribution in [-0.2, 0) is 13.7 Å². The molecular weight excluding hydrogens is 1180 g/mol. The molecule has 3 unspecified atom stereocenters. The Bertz CT molecular complexity index is 5290. The molecule has 2 aliphatic heterocycles. The van der Waals surface area contributed by atoms with Gasteiger partial charge < -0.3 is 27.8 Å². The van der Waals surface area contributed by atoms with Crippen molar-refractivity contribution < 1.29 is 51.3 Å². The van der Waals surface area contributed by atoms with Gasteiger partial charge in [0.25, 0.3) is 0 Å². The van der Waals surface area contributed by atoms with Crippen LogP contribution >= 0.6 is 21.9 Å². The zero-order valence-corrected chi connectivity index (χ0v) is 50.6. The Labute approximate surface area is 517 Å². The molecule has 0 aliphatic carbocycles. The number of benzene rings is 13. The van der Waals surface area contributed by atoms with Gasteiger partial charge in [0, 0.05) is 43.2 Å². The second-order valence-corrected chi connectivity index (χ2v) is 29.2. The van der Waals surface area contributed by atoms with E-state index < -0.39 is 39.8 Å². The standard InChI is InChI=1S/C76H49O11P3/c1-48-46-70(89(81)68-36-17-13-29-60(68)57-26-11-15-34-65(57)86-89)72(62-31-9-7-24-55(48)62)84-75(78)51-40-44-54(45-41-51)88(80,52-22-3-2-4-23-52)53-42-38-50(39-43-53)74(77)83-67-47-71(90(82)69-37-18-14-30-61(69)58-27-12-16-35-66(58)87-90)73(63-32-10-8-28-59(63)67)85-76(79)64-33-19-21-49-20-5-6-25-56(49)64/h2-47H,1H3. The van der Waals surface area contributed by atoms with Gasteiger partial charge >= 0.3 is 32.6 Å². The maximum atomic E-state index is 16.2. The number of carbonyl (C=O) groups excluding carboxylic acids is 3. The molecule has 13 aromatic carbocycles. The molecule has 2 heterocycles. The Morgan fingerprint density at radius 1 is 0.356 bits per heavy atom. The zero-order chi connectivity index (χ0) is 61.3. The number of rotatable bonds is 11. The second-order valence-electron chi connectivity index (χ2n) is 21.9. The third kappa shape index (κ3) is 9.28. The summed E-state index contributed by atoms with van der Waals surface area (Å²) in [5.41, 5.74) is 4.30. The molecule has 2 aliphatic rings. The first-order chi connectivity index (χ1) is 43.9. The number of fused-ring (bicyclic) bond motifs is 9. The lowest BCUT2D eigenvalue weighted by Crippen LogP contribution is -2.28. The van der Waals surface area contributed by atoms with E-state index in [1.807, 2.05) is 128 Å². The van der Waals surface area contributed by atoms with Crippen molar-refractivity contribution in [2.45, 2.75) is 6.92 Å². The van der Waals surface area contributed by atoms with Gasteiger partial charge in [-0.25, -0.2) is 14.4 Å². The van der Waals surface area contributed by atoms with Crippen molar-refractivity contribution in [3.8, 4) is 51.0 Å². The van der Waals surface area contributed by atoms with E-state index in [0.717, 1.165) is 33.0 Å². The van der Waals surface area contributed by atoms with Crippen LogP contribution in [0.1, 0.15) is 36.6 Å². The monoisotopic (exact) mass is 1230 g/mol. The minimum atomic E-state index is -4.26. The highest BCUT2D eigenvalue weighted by Crippen LogP contribution is 2.58. The topological polar surface area (TPSA) is 149 Å². The van der Waals surface area contributed by atoms with Gasteiger partial charge in [0.05, 0.1) is 37.9 Å². The molecule has 14 heteroatoms. The van der Waals surface area contributed by atoms with Crippen molar-refractivity contribution in [1.29, 1.82) is 0 Å². The zero-order valence-electron chi connectivity index (χ0n) is 47.9. The molecule has 0 fully saturated rings. The van der Waals surface area contributed by atoms with Crippen LogP contribution in [0.4, 0.5) is 0 Å². The average Bonchev–Trinajstić information content (AvgIpc) is 0.758. The third-order valence-corrected chi connectivity index (χ3v) is 24.6. The van der Waals surface area contributed by atoms with Crippen molar-refractivity contribution in [2.24, 2.45) is 0 Å². The van der Waals surface area contributed by atoms with Crippen molar-refractivity contribution in [3.63, 3.8) is 0 Å². The Morgan fingerprint density at radius 2 is 0.767 bits per heavy atom. The molecule has 0 bridgehead atoms. The number of aryl methyl sites for hydroxylation is 1. The van der Waals surface area contributed by atoms with Crippen molar-refractivity contribution in [3.05, 3.63) is 301 Å². The van der Waals surface area contributed by atoms with Crippen LogP contribution in [0.5, 0.6) is 28.7 Å². The summed E-state index contributed by atoms with van der Waals surface area (Å²) in [6.45, 7) is 1.92. The summed E-state index contributed by atoms with van der Waals surface area (Å²) in [5, 5.41) is 5.92. The molecule has 3 atom stereocenters. The molecule has 0 saturated heterocycles. The highest BCUT2D eigenvalue weighted by molar-refractivity contribution is 7.85. The van der Waals surface area contributed by atoms with Crippen LogP contribution in [0, 0.1) is 6.92 Å². The normalized spacial score (nSPS) is 16.0. The van der Waals surface area contributed by atoms with Crippen LogP contribution in [-0.4, -0.2) is 17.9 Å². The van der Waals surface area contributed by atoms with E-state index in [-0.39, 0.29) is 44.5 Å². The lowest BCUT2D eigenvalue weighted by molar-refractivity contribution is 0.0725. The average molecular weight is 1230 g/mol. The largest absolute Gasteiger partial charge is 0.436 e. The van der Waals surface area contributed by atoms with Gasteiger partial charge in [0.1, 0.15) is 17.2 Å². The number of hydrogen-bond acceptors (Lipinski definition) is 11. The summed E-state index contributed by atoms with van der Waals surface area (Å²) < 4.78 is 80.3. The van der Waals surface area contributed by atoms with Crippen molar-refractivity contribution in [2.75, 3.05) is 0 Å². The smallest absolute Gasteiger partial charge is 0.344 e. The fourth-order valence-electron chi connectivity index (χ4n) is 12.3. The SMILES string of the molecule is Cc1cc(P2(=O)Oc3ccccc3-c3ccccc32)c(OC(=O)c2ccc(P(=O)(c3ccccc3)c3ccc(C(=O)Oc4cc(P5(=O)Oc6ccccc6-c6ccccc65)c(OC(=O)c5cccc6ccccc56)c5ccccc45)cc3)cc2)c2ccccc12. The van der Waals surface area contributed by atoms with Crippen molar-refractivity contribution >= 4 is 109 Å².